The van der Waals surface area contributed by atoms with Gasteiger partial charge in [-0.2, -0.15) is 0 Å². The predicted octanol–water partition coefficient (Wildman–Crippen LogP) is 11.1. The van der Waals surface area contributed by atoms with Gasteiger partial charge < -0.3 is 20.6 Å². The van der Waals surface area contributed by atoms with Gasteiger partial charge in [0.25, 0.3) is 0 Å². The summed E-state index contributed by atoms with van der Waals surface area (Å²) >= 11 is 0. The third kappa shape index (κ3) is 27.0. The van der Waals surface area contributed by atoms with Gasteiger partial charge in [0.05, 0.1) is 0 Å². The Bertz CT molecular complexity index is 1040. The van der Waals surface area contributed by atoms with Crippen LogP contribution in [0.25, 0.3) is 0 Å². The fourth-order valence-electron chi connectivity index (χ4n) is 6.94. The van der Waals surface area contributed by atoms with Crippen LogP contribution in [0.3, 0.4) is 0 Å². The smallest absolute Gasteiger partial charge is 0.356 e. The molecule has 2 atom stereocenters. The highest BCUT2D eigenvalue weighted by Gasteiger charge is 2.59. The van der Waals surface area contributed by atoms with E-state index in [1.807, 2.05) is 0 Å². The summed E-state index contributed by atoms with van der Waals surface area (Å²) in [6, 6.07) is 0. The number of carbonyl (C=O) groups is 3. The van der Waals surface area contributed by atoms with Gasteiger partial charge in [-0.05, 0) is 83.6 Å². The third-order valence-electron chi connectivity index (χ3n) is 10.4. The van der Waals surface area contributed by atoms with Gasteiger partial charge in [-0.1, -0.05) is 147 Å². The Hall–Kier alpha value is -1.64. The van der Waals surface area contributed by atoms with Gasteiger partial charge >= 0.3 is 7.60 Å². The molecule has 0 bridgehead atoms. The van der Waals surface area contributed by atoms with Crippen LogP contribution < -0.4 is 11.1 Å². The van der Waals surface area contributed by atoms with Crippen LogP contribution in [-0.4, -0.2) is 50.3 Å². The lowest BCUT2D eigenvalue weighted by Crippen LogP contribution is -2.62. The molecule has 0 saturated heterocycles. The maximum Gasteiger partial charge on any atom is 0.356 e. The number of ketones is 2. The summed E-state index contributed by atoms with van der Waals surface area (Å²) in [5.74, 6) is -1.98. The Morgan fingerprint density at radius 3 is 1.31 bits per heavy atom. The number of nitrogens with two attached hydrogens (primary N) is 1. The van der Waals surface area contributed by atoms with Crippen molar-refractivity contribution in [1.82, 2.24) is 5.32 Å². The number of rotatable bonds is 41. The van der Waals surface area contributed by atoms with Gasteiger partial charge in [0.15, 0.2) is 11.6 Å². The van der Waals surface area contributed by atoms with Gasteiger partial charge in [0, 0.05) is 19.3 Å². The molecule has 0 aliphatic rings. The van der Waals surface area contributed by atoms with Crippen molar-refractivity contribution < 1.29 is 33.8 Å². The van der Waals surface area contributed by atoms with Crippen LogP contribution in [-0.2, 0) is 18.9 Å². The largest absolute Gasteiger partial charge is 0.382 e. The van der Waals surface area contributed by atoms with Crippen molar-refractivity contribution in [3.63, 3.8) is 0 Å². The van der Waals surface area contributed by atoms with E-state index in [1.165, 1.54) is 77.0 Å². The summed E-state index contributed by atoms with van der Waals surface area (Å²) in [5, 5.41) is 11.3. The lowest BCUT2D eigenvalue weighted by atomic mass is 9.94. The van der Waals surface area contributed by atoms with Crippen molar-refractivity contribution in [1.29, 1.82) is 0 Å². The number of hydrogen-bond acceptors (Lipinski definition) is 6. The van der Waals surface area contributed by atoms with E-state index in [0.29, 0.717) is 32.1 Å². The normalized spacial score (nSPS) is 13.9. The average molecular weight is 783 g/mol. The summed E-state index contributed by atoms with van der Waals surface area (Å²) < 4.78 is 13.0. The summed E-state index contributed by atoms with van der Waals surface area (Å²) in [5.41, 5.74) is 5.21. The van der Waals surface area contributed by atoms with E-state index in [4.69, 9.17) is 5.73 Å². The highest BCUT2D eigenvalue weighted by molar-refractivity contribution is 7.55. The Kier molecular flexibility index (Phi) is 34.7. The molecule has 1 amide bonds. The van der Waals surface area contributed by atoms with Crippen LogP contribution in [0, 0.1) is 0 Å². The minimum atomic E-state index is -5.33. The van der Waals surface area contributed by atoms with Gasteiger partial charge in [-0.25, -0.2) is 0 Å². The van der Waals surface area contributed by atoms with E-state index in [2.05, 4.69) is 43.5 Å². The minimum absolute atomic E-state index is 0.000266. The number of aliphatic hydroxyl groups is 1. The SMILES string of the molecule is CCCCCCCC/C=C\CCCCCCCC(=O)C(O)C(NCCCCCC(N)=O)(C(=O)CCCCCCC/C=C\CCCCCCCC)P(=O)(O)O. The summed E-state index contributed by atoms with van der Waals surface area (Å²) in [6.07, 6.45) is 36.6. The zero-order chi connectivity index (χ0) is 40.2. The molecule has 0 rings (SSSR count). The molecule has 0 fully saturated rings. The van der Waals surface area contributed by atoms with E-state index in [1.54, 1.807) is 0 Å². The molecule has 0 heterocycles. The first-order chi connectivity index (χ1) is 26.0. The van der Waals surface area contributed by atoms with E-state index >= 15 is 0 Å². The van der Waals surface area contributed by atoms with Gasteiger partial charge in [-0.3, -0.25) is 24.3 Å². The van der Waals surface area contributed by atoms with Crippen molar-refractivity contribution in [3.8, 4) is 0 Å². The molecular weight excluding hydrogens is 699 g/mol. The number of allylic oxidation sites excluding steroid dienone is 4. The number of primary amides is 1. The second-order valence-corrected chi connectivity index (χ2v) is 17.3. The topological polar surface area (TPSA) is 167 Å². The molecule has 54 heavy (non-hydrogen) atoms. The Labute approximate surface area is 330 Å². The quantitative estimate of drug-likeness (QED) is 0.0232. The van der Waals surface area contributed by atoms with Crippen molar-refractivity contribution in [2.45, 2.75) is 231 Å². The van der Waals surface area contributed by atoms with Crippen LogP contribution in [0.5, 0.6) is 0 Å². The van der Waals surface area contributed by atoms with Gasteiger partial charge in [-0.15, -0.1) is 0 Å². The van der Waals surface area contributed by atoms with E-state index in [9.17, 15) is 33.8 Å². The molecule has 0 aromatic heterocycles. The number of amides is 1. The predicted molar refractivity (Wildman–Crippen MR) is 225 cm³/mol. The molecule has 0 spiro atoms. The van der Waals surface area contributed by atoms with Crippen molar-refractivity contribution >= 4 is 25.1 Å². The molecule has 0 radical (unpaired) electrons. The van der Waals surface area contributed by atoms with Crippen molar-refractivity contribution in [3.05, 3.63) is 24.3 Å². The number of hydrogen-bond donors (Lipinski definition) is 5. The average Bonchev–Trinajstić information content (AvgIpc) is 3.13. The second-order valence-electron chi connectivity index (χ2n) is 15.5. The molecule has 0 aliphatic heterocycles. The zero-order valence-corrected chi connectivity index (χ0v) is 35.6. The molecule has 10 heteroatoms. The number of Topliss-reactive ketones (excluding diaryl/α,β-unsaturated/α-hetero) is 2. The molecule has 2 unspecified atom stereocenters. The molecule has 316 valence electrons. The molecule has 6 N–H and O–H groups in total. The third-order valence-corrected chi connectivity index (χ3v) is 12.0. The maximum absolute atomic E-state index is 13.7. The fourth-order valence-corrected chi connectivity index (χ4v) is 8.16. The molecular formula is C44H83N2O7P. The van der Waals surface area contributed by atoms with Gasteiger partial charge in [0.2, 0.25) is 11.2 Å². The number of unbranched alkanes of at least 4 members (excludes halogenated alkanes) is 24. The number of carbonyl (C=O) groups excluding carboxylic acids is 3. The Balaban J connectivity index is 4.86. The summed E-state index contributed by atoms with van der Waals surface area (Å²) in [6.45, 7) is 4.46. The standard InChI is InChI=1S/C44H83N2O7P/c1-3-5-7-9-11-13-15-17-19-21-23-25-27-29-32-36-40(47)43(50)44(54(51,52)53,46-39-35-31-34-38-42(45)49)41(48)37-33-30-28-26-24-22-20-18-16-14-12-10-8-6-4-2/h17-20,43,46,50H,3-16,21-39H2,1-2H3,(H2,45,49)(H2,51,52,53)/b19-17-,20-18-. The number of aliphatic hydroxyl groups excluding tert-OH is 1. The molecule has 0 saturated carbocycles. The van der Waals surface area contributed by atoms with Crippen LogP contribution in [0.4, 0.5) is 0 Å². The highest BCUT2D eigenvalue weighted by Crippen LogP contribution is 2.52. The van der Waals surface area contributed by atoms with E-state index in [0.717, 1.165) is 77.0 Å². The monoisotopic (exact) mass is 783 g/mol. The van der Waals surface area contributed by atoms with Crippen LogP contribution in [0.15, 0.2) is 24.3 Å². The summed E-state index contributed by atoms with van der Waals surface area (Å²) in [7, 11) is -5.33. The second kappa shape index (κ2) is 35.8. The van der Waals surface area contributed by atoms with Crippen LogP contribution in [0.1, 0.15) is 219 Å². The fraction of sp³-hybridized carbons (Fsp3) is 0.841. The van der Waals surface area contributed by atoms with Crippen molar-refractivity contribution in [2.75, 3.05) is 6.54 Å². The van der Waals surface area contributed by atoms with Crippen molar-refractivity contribution in [2.24, 2.45) is 5.73 Å². The Morgan fingerprint density at radius 1 is 0.556 bits per heavy atom. The summed E-state index contributed by atoms with van der Waals surface area (Å²) in [4.78, 5) is 59.1. The first-order valence-electron chi connectivity index (χ1n) is 22.2. The van der Waals surface area contributed by atoms with Gasteiger partial charge in [0.1, 0.15) is 6.10 Å². The zero-order valence-electron chi connectivity index (χ0n) is 34.7. The lowest BCUT2D eigenvalue weighted by Gasteiger charge is -2.37. The maximum atomic E-state index is 13.7. The molecule has 0 aliphatic carbocycles. The minimum Gasteiger partial charge on any atom is -0.382 e. The first kappa shape index (κ1) is 52.4. The lowest BCUT2D eigenvalue weighted by molar-refractivity contribution is -0.138. The van der Waals surface area contributed by atoms with E-state index < -0.39 is 36.5 Å². The number of nitrogens with one attached hydrogen (secondary N) is 1. The Morgan fingerprint density at radius 2 is 0.907 bits per heavy atom. The van der Waals surface area contributed by atoms with Crippen LogP contribution in [0.2, 0.25) is 0 Å². The van der Waals surface area contributed by atoms with Crippen LogP contribution >= 0.6 is 7.60 Å². The molecule has 0 aromatic carbocycles. The molecule has 9 nitrogen and oxygen atoms in total. The van der Waals surface area contributed by atoms with E-state index in [-0.39, 0.29) is 25.8 Å². The molecule has 0 aromatic rings. The first-order valence-corrected chi connectivity index (χ1v) is 23.8. The highest BCUT2D eigenvalue weighted by atomic mass is 31.2.